The van der Waals surface area contributed by atoms with Gasteiger partial charge in [0.25, 0.3) is 5.56 Å². The maximum atomic E-state index is 12.6. The van der Waals surface area contributed by atoms with Crippen molar-refractivity contribution in [3.8, 4) is 0 Å². The van der Waals surface area contributed by atoms with Gasteiger partial charge < -0.3 is 10.1 Å². The Balaban J connectivity index is 1.42. The Kier molecular flexibility index (Phi) is 5.58. The number of H-pyrrole nitrogens is 1. The Hall–Kier alpha value is -2.80. The lowest BCUT2D eigenvalue weighted by Crippen LogP contribution is -2.42. The van der Waals surface area contributed by atoms with E-state index >= 15 is 0 Å². The summed E-state index contributed by atoms with van der Waals surface area (Å²) in [6.45, 7) is 4.52. The van der Waals surface area contributed by atoms with Crippen molar-refractivity contribution in [3.63, 3.8) is 0 Å². The highest BCUT2D eigenvalue weighted by molar-refractivity contribution is 5.46. The molecule has 2 N–H and O–H groups in total. The minimum absolute atomic E-state index is 0.0296. The predicted molar refractivity (Wildman–Crippen MR) is 127 cm³/mol. The number of rotatable bonds is 4. The smallest absolute Gasteiger partial charge is 0.267 e. The number of aromatic amines is 1. The number of hydrogen-bond donors (Lipinski definition) is 2. The summed E-state index contributed by atoms with van der Waals surface area (Å²) in [7, 11) is 0. The molecule has 1 aromatic heterocycles. The fourth-order valence-electron chi connectivity index (χ4n) is 5.86. The Morgan fingerprint density at radius 2 is 1.85 bits per heavy atom. The minimum Gasteiger partial charge on any atom is -0.379 e. The molecular weight excluding hydrogens is 412 g/mol. The van der Waals surface area contributed by atoms with Crippen molar-refractivity contribution in [2.75, 3.05) is 26.3 Å². The first-order valence-corrected chi connectivity index (χ1v) is 12.1. The van der Waals surface area contributed by atoms with Crippen molar-refractivity contribution in [2.45, 2.75) is 43.8 Å². The van der Waals surface area contributed by atoms with Gasteiger partial charge in [-0.2, -0.15) is 5.10 Å². The summed E-state index contributed by atoms with van der Waals surface area (Å²) in [4.78, 5) is 15.0. The molecule has 3 aliphatic rings. The van der Waals surface area contributed by atoms with Gasteiger partial charge >= 0.3 is 0 Å². The second-order valence-electron chi connectivity index (χ2n) is 9.44. The monoisotopic (exact) mass is 442 g/mol. The van der Waals surface area contributed by atoms with Crippen molar-refractivity contribution >= 4 is 0 Å². The van der Waals surface area contributed by atoms with Crippen LogP contribution in [0.25, 0.3) is 0 Å². The van der Waals surface area contributed by atoms with Crippen molar-refractivity contribution in [1.82, 2.24) is 20.4 Å². The maximum Gasteiger partial charge on any atom is 0.267 e. The molecular formula is C27H30N4O2. The molecule has 0 radical (unpaired) electrons. The van der Waals surface area contributed by atoms with E-state index in [0.29, 0.717) is 0 Å². The molecule has 6 heteroatoms. The van der Waals surface area contributed by atoms with Crippen molar-refractivity contribution < 1.29 is 4.74 Å². The topological polar surface area (TPSA) is 70.2 Å². The molecule has 2 aromatic carbocycles. The standard InChI is InChI=1S/C27H30N4O2/c32-27-21-10-5-11-22-24(21)26(29-30-27)23(19-7-2-1-3-8-19)25(28-22)20-9-4-6-18(16-20)17-31-12-14-33-15-13-31/h1-4,6-9,16,22-23,25,28H,5,10-15,17H2,(H,30,32). The van der Waals surface area contributed by atoms with E-state index < -0.39 is 0 Å². The fraction of sp³-hybridized carbons (Fsp3) is 0.407. The summed E-state index contributed by atoms with van der Waals surface area (Å²) in [5.74, 6) is 0.0461. The molecule has 1 fully saturated rings. The van der Waals surface area contributed by atoms with Crippen molar-refractivity contribution in [2.24, 2.45) is 0 Å². The number of morpholine rings is 1. The number of nitrogens with one attached hydrogen (secondary N) is 2. The summed E-state index contributed by atoms with van der Waals surface area (Å²) in [6.07, 6.45) is 2.90. The van der Waals surface area contributed by atoms with Crippen LogP contribution in [0, 0.1) is 0 Å². The van der Waals surface area contributed by atoms with Gasteiger partial charge in [0.1, 0.15) is 0 Å². The van der Waals surface area contributed by atoms with E-state index in [0.717, 1.165) is 68.9 Å². The molecule has 3 aromatic rings. The van der Waals surface area contributed by atoms with Gasteiger partial charge in [0, 0.05) is 48.8 Å². The molecule has 6 nitrogen and oxygen atoms in total. The number of aromatic nitrogens is 2. The molecule has 3 unspecified atom stereocenters. The van der Waals surface area contributed by atoms with E-state index in [9.17, 15) is 4.79 Å². The molecule has 33 heavy (non-hydrogen) atoms. The van der Waals surface area contributed by atoms with Crippen LogP contribution >= 0.6 is 0 Å². The van der Waals surface area contributed by atoms with Gasteiger partial charge in [-0.3, -0.25) is 9.69 Å². The normalized spacial score (nSPS) is 24.9. The predicted octanol–water partition coefficient (Wildman–Crippen LogP) is 3.46. The minimum atomic E-state index is -0.0296. The zero-order chi connectivity index (χ0) is 22.2. The number of ether oxygens (including phenoxy) is 1. The second-order valence-corrected chi connectivity index (χ2v) is 9.44. The van der Waals surface area contributed by atoms with Crippen LogP contribution < -0.4 is 10.9 Å². The molecule has 3 heterocycles. The van der Waals surface area contributed by atoms with E-state index in [-0.39, 0.29) is 23.6 Å². The van der Waals surface area contributed by atoms with E-state index in [1.165, 1.54) is 16.7 Å². The van der Waals surface area contributed by atoms with Gasteiger partial charge in [0.05, 0.1) is 18.9 Å². The van der Waals surface area contributed by atoms with Crippen LogP contribution in [0.4, 0.5) is 0 Å². The van der Waals surface area contributed by atoms with Crippen LogP contribution in [0.1, 0.15) is 64.4 Å². The average Bonchev–Trinajstić information content (AvgIpc) is 2.87. The Bertz CT molecular complexity index is 1190. The highest BCUT2D eigenvalue weighted by Crippen LogP contribution is 2.47. The van der Waals surface area contributed by atoms with Gasteiger partial charge in [-0.1, -0.05) is 54.6 Å². The summed E-state index contributed by atoms with van der Waals surface area (Å²) in [5.41, 5.74) is 6.89. The van der Waals surface area contributed by atoms with E-state index in [1.54, 1.807) is 0 Å². The third kappa shape index (κ3) is 3.92. The van der Waals surface area contributed by atoms with Crippen LogP contribution in [0.3, 0.4) is 0 Å². The quantitative estimate of drug-likeness (QED) is 0.648. The molecule has 0 saturated carbocycles. The van der Waals surface area contributed by atoms with Gasteiger partial charge in [-0.25, -0.2) is 5.10 Å². The molecule has 1 saturated heterocycles. The zero-order valence-corrected chi connectivity index (χ0v) is 18.8. The zero-order valence-electron chi connectivity index (χ0n) is 18.8. The van der Waals surface area contributed by atoms with Crippen LogP contribution in [0.2, 0.25) is 0 Å². The third-order valence-corrected chi connectivity index (χ3v) is 7.41. The lowest BCUT2D eigenvalue weighted by atomic mass is 9.74. The van der Waals surface area contributed by atoms with Crippen LogP contribution in [-0.2, 0) is 17.7 Å². The molecule has 170 valence electrons. The lowest BCUT2D eigenvalue weighted by molar-refractivity contribution is 0.0342. The van der Waals surface area contributed by atoms with Gasteiger partial charge in [0.2, 0.25) is 0 Å². The molecule has 6 rings (SSSR count). The van der Waals surface area contributed by atoms with Crippen LogP contribution in [0.15, 0.2) is 59.4 Å². The molecule has 0 spiro atoms. The molecule has 0 amide bonds. The van der Waals surface area contributed by atoms with E-state index in [4.69, 9.17) is 4.74 Å². The molecule has 2 aliphatic heterocycles. The largest absolute Gasteiger partial charge is 0.379 e. The number of hydrogen-bond acceptors (Lipinski definition) is 5. The van der Waals surface area contributed by atoms with Gasteiger partial charge in [0.15, 0.2) is 0 Å². The molecule has 1 aliphatic carbocycles. The first-order chi connectivity index (χ1) is 16.3. The van der Waals surface area contributed by atoms with Crippen LogP contribution in [0.5, 0.6) is 0 Å². The first-order valence-electron chi connectivity index (χ1n) is 12.1. The highest BCUT2D eigenvalue weighted by atomic mass is 16.5. The number of benzene rings is 2. The maximum absolute atomic E-state index is 12.6. The average molecular weight is 443 g/mol. The molecule has 0 bridgehead atoms. The summed E-state index contributed by atoms with van der Waals surface area (Å²) < 4.78 is 5.52. The number of nitrogens with zero attached hydrogens (tertiary/aromatic N) is 2. The molecule has 3 atom stereocenters. The van der Waals surface area contributed by atoms with Crippen molar-refractivity contribution in [1.29, 1.82) is 0 Å². The highest BCUT2D eigenvalue weighted by Gasteiger charge is 2.40. The summed E-state index contributed by atoms with van der Waals surface area (Å²) in [5, 5.41) is 11.4. The Morgan fingerprint density at radius 3 is 2.70 bits per heavy atom. The SMILES string of the molecule is O=c1[nH]nc2c3c1CCCC3NC(c1cccc(CN3CCOCC3)c1)C2c1ccccc1. The third-order valence-electron chi connectivity index (χ3n) is 7.41. The summed E-state index contributed by atoms with van der Waals surface area (Å²) >= 11 is 0. The fourth-order valence-corrected chi connectivity index (χ4v) is 5.86. The van der Waals surface area contributed by atoms with Gasteiger partial charge in [-0.15, -0.1) is 0 Å². The van der Waals surface area contributed by atoms with Crippen LogP contribution in [-0.4, -0.2) is 41.4 Å². The van der Waals surface area contributed by atoms with E-state index in [2.05, 4.69) is 75.0 Å². The Labute approximate surface area is 194 Å². The first kappa shape index (κ1) is 20.8. The Morgan fingerprint density at radius 1 is 1.03 bits per heavy atom. The lowest BCUT2D eigenvalue weighted by Gasteiger charge is -2.41. The summed E-state index contributed by atoms with van der Waals surface area (Å²) in [6, 6.07) is 19.8. The van der Waals surface area contributed by atoms with Gasteiger partial charge in [-0.05, 0) is 36.0 Å². The van der Waals surface area contributed by atoms with E-state index in [1.807, 2.05) is 0 Å². The second kappa shape index (κ2) is 8.86. The van der Waals surface area contributed by atoms with Crippen molar-refractivity contribution in [3.05, 3.63) is 98.5 Å².